The first-order valence-electron chi connectivity index (χ1n) is 16.2. The largest absolute Gasteiger partial charge is 0.497 e. The van der Waals surface area contributed by atoms with Crippen molar-refractivity contribution in [1.29, 1.82) is 0 Å². The molecule has 0 unspecified atom stereocenters. The van der Waals surface area contributed by atoms with Crippen LogP contribution in [0.25, 0.3) is 10.8 Å². The zero-order valence-electron chi connectivity index (χ0n) is 27.6. The lowest BCUT2D eigenvalue weighted by molar-refractivity contribution is -0.128. The monoisotopic (exact) mass is 702 g/mol. The highest BCUT2D eigenvalue weighted by molar-refractivity contribution is 7.99. The first-order chi connectivity index (χ1) is 24.7. The van der Waals surface area contributed by atoms with Gasteiger partial charge in [-0.3, -0.25) is 19.2 Å². The average molecular weight is 703 g/mol. The Kier molecular flexibility index (Phi) is 11.0. The number of para-hydroxylation sites is 1. The highest BCUT2D eigenvalue weighted by Crippen LogP contribution is 2.46. The van der Waals surface area contributed by atoms with Crippen molar-refractivity contribution >= 4 is 64.4 Å². The molecule has 1 aliphatic heterocycles. The van der Waals surface area contributed by atoms with Gasteiger partial charge < -0.3 is 35.6 Å². The van der Waals surface area contributed by atoms with Crippen LogP contribution in [0.15, 0.2) is 120 Å². The minimum Gasteiger partial charge on any atom is -0.497 e. The molecule has 4 amide bonds. The Bertz CT molecular complexity index is 2060. The van der Waals surface area contributed by atoms with Crippen molar-refractivity contribution in [2.24, 2.45) is 0 Å². The van der Waals surface area contributed by atoms with Crippen LogP contribution in [0.1, 0.15) is 26.7 Å². The summed E-state index contributed by atoms with van der Waals surface area (Å²) in [4.78, 5) is 56.4. The second kappa shape index (κ2) is 15.9. The molecule has 6 rings (SSSR count). The standard InChI is InChI=1S/C38H35BN4O7S/c1-50-29-19-15-25(16-20-29)36-35(42-33(44)22-41-37(46)26-13-17-28(18-14-26)39(48)49)38(47)43(31-11-4-5-12-32(31)51-36)23-34(45)40-21-27-9-6-8-24-7-2-3-10-30(24)27/h2-20,35-36,48-49H,21-23H2,1H3,(H,40,45)(H,41,46)(H,42,44)/t35-,36-/m1/s1. The maximum absolute atomic E-state index is 14.5. The fourth-order valence-electron chi connectivity index (χ4n) is 5.89. The quantitative estimate of drug-likeness (QED) is 0.132. The number of fused-ring (bicyclic) bond motifs is 2. The molecule has 0 fully saturated rings. The molecule has 0 aromatic heterocycles. The normalized spacial score (nSPS) is 15.4. The summed E-state index contributed by atoms with van der Waals surface area (Å²) in [5.74, 6) is -1.43. The number of methoxy groups -OCH3 is 1. The number of nitrogens with one attached hydrogen (secondary N) is 3. The van der Waals surface area contributed by atoms with Gasteiger partial charge in [0.2, 0.25) is 11.8 Å². The van der Waals surface area contributed by atoms with Crippen molar-refractivity contribution in [3.05, 3.63) is 132 Å². The molecule has 0 aliphatic carbocycles. The van der Waals surface area contributed by atoms with Gasteiger partial charge in [0, 0.05) is 17.0 Å². The molecule has 51 heavy (non-hydrogen) atoms. The van der Waals surface area contributed by atoms with E-state index in [1.807, 2.05) is 66.7 Å². The van der Waals surface area contributed by atoms with Crippen LogP contribution in [0.4, 0.5) is 5.69 Å². The molecular formula is C38H35BN4O7S. The molecule has 0 spiro atoms. The molecule has 0 radical (unpaired) electrons. The Morgan fingerprint density at radius 2 is 1.53 bits per heavy atom. The molecule has 1 heterocycles. The van der Waals surface area contributed by atoms with Crippen LogP contribution in [0.2, 0.25) is 0 Å². The van der Waals surface area contributed by atoms with Crippen LogP contribution >= 0.6 is 11.8 Å². The summed E-state index contributed by atoms with van der Waals surface area (Å²) in [6.07, 6.45) is 0. The van der Waals surface area contributed by atoms with Gasteiger partial charge in [-0.15, -0.1) is 11.8 Å². The minimum atomic E-state index is -1.68. The Morgan fingerprint density at radius 1 is 0.824 bits per heavy atom. The van der Waals surface area contributed by atoms with Gasteiger partial charge in [-0.1, -0.05) is 78.9 Å². The second-order valence-corrected chi connectivity index (χ2v) is 13.0. The van der Waals surface area contributed by atoms with E-state index in [2.05, 4.69) is 16.0 Å². The smallest absolute Gasteiger partial charge is 0.488 e. The van der Waals surface area contributed by atoms with Gasteiger partial charge in [-0.2, -0.15) is 0 Å². The number of carbonyl (C=O) groups excluding carboxylic acids is 4. The summed E-state index contributed by atoms with van der Waals surface area (Å²) in [5, 5.41) is 28.5. The van der Waals surface area contributed by atoms with Crippen LogP contribution in [0, 0.1) is 0 Å². The maximum Gasteiger partial charge on any atom is 0.488 e. The van der Waals surface area contributed by atoms with E-state index in [1.165, 1.54) is 40.9 Å². The molecule has 5 aromatic carbocycles. The van der Waals surface area contributed by atoms with Crippen LogP contribution < -0.4 is 31.0 Å². The molecule has 13 heteroatoms. The number of hydrogen-bond acceptors (Lipinski definition) is 8. The number of anilines is 1. The van der Waals surface area contributed by atoms with Gasteiger partial charge in [0.15, 0.2) is 0 Å². The van der Waals surface area contributed by atoms with Crippen LogP contribution in [0.5, 0.6) is 5.75 Å². The number of amides is 4. The van der Waals surface area contributed by atoms with E-state index in [1.54, 1.807) is 31.4 Å². The average Bonchev–Trinajstić information content (AvgIpc) is 3.27. The van der Waals surface area contributed by atoms with Gasteiger partial charge >= 0.3 is 7.12 Å². The number of rotatable bonds is 11. The van der Waals surface area contributed by atoms with Gasteiger partial charge in [0.1, 0.15) is 18.3 Å². The third kappa shape index (κ3) is 8.23. The number of benzene rings is 5. The summed E-state index contributed by atoms with van der Waals surface area (Å²) in [7, 11) is -0.123. The van der Waals surface area contributed by atoms with Crippen LogP contribution in [-0.2, 0) is 20.9 Å². The first-order valence-corrected chi connectivity index (χ1v) is 17.1. The minimum absolute atomic E-state index is 0.209. The first kappa shape index (κ1) is 35.2. The van der Waals surface area contributed by atoms with Crippen molar-refractivity contribution in [2.75, 3.05) is 25.1 Å². The number of carbonyl (C=O) groups is 4. The summed E-state index contributed by atoms with van der Waals surface area (Å²) in [6, 6.07) is 32.8. The van der Waals surface area contributed by atoms with Crippen molar-refractivity contribution < 1.29 is 34.0 Å². The summed E-state index contributed by atoms with van der Waals surface area (Å²) in [6.45, 7) is -0.472. The summed E-state index contributed by atoms with van der Waals surface area (Å²) in [5.41, 5.74) is 2.64. The van der Waals surface area contributed by atoms with E-state index in [0.717, 1.165) is 26.8 Å². The second-order valence-electron chi connectivity index (χ2n) is 11.8. The van der Waals surface area contributed by atoms with Crippen molar-refractivity contribution in [3.8, 4) is 5.75 Å². The van der Waals surface area contributed by atoms with Gasteiger partial charge in [-0.05, 0) is 63.8 Å². The van der Waals surface area contributed by atoms with Gasteiger partial charge in [-0.25, -0.2) is 0 Å². The van der Waals surface area contributed by atoms with Crippen LogP contribution in [-0.4, -0.2) is 67.0 Å². The van der Waals surface area contributed by atoms with E-state index < -0.39 is 42.7 Å². The molecule has 2 atom stereocenters. The predicted molar refractivity (Wildman–Crippen MR) is 197 cm³/mol. The molecule has 0 bridgehead atoms. The molecule has 5 aromatic rings. The number of nitrogens with zero attached hydrogens (tertiary/aromatic N) is 1. The Balaban J connectivity index is 1.23. The third-order valence-electron chi connectivity index (χ3n) is 8.54. The fraction of sp³-hybridized carbons (Fsp3) is 0.158. The molecule has 5 N–H and O–H groups in total. The van der Waals surface area contributed by atoms with Crippen LogP contribution in [0.3, 0.4) is 0 Å². The highest BCUT2D eigenvalue weighted by Gasteiger charge is 2.40. The van der Waals surface area contributed by atoms with Gasteiger partial charge in [0.05, 0.1) is 24.6 Å². The molecule has 11 nitrogen and oxygen atoms in total. The summed E-state index contributed by atoms with van der Waals surface area (Å²) >= 11 is 1.39. The van der Waals surface area contributed by atoms with Crippen molar-refractivity contribution in [3.63, 3.8) is 0 Å². The molecule has 0 saturated carbocycles. The number of thioether (sulfide) groups is 1. The molecule has 1 aliphatic rings. The number of hydrogen-bond donors (Lipinski definition) is 5. The third-order valence-corrected chi connectivity index (χ3v) is 9.94. The Morgan fingerprint density at radius 3 is 2.27 bits per heavy atom. The van der Waals surface area contributed by atoms with Gasteiger partial charge in [0.25, 0.3) is 11.8 Å². The summed E-state index contributed by atoms with van der Waals surface area (Å²) < 4.78 is 5.34. The van der Waals surface area contributed by atoms with E-state index >= 15 is 0 Å². The number of ether oxygens (including phenoxy) is 1. The Labute approximate surface area is 299 Å². The fourth-order valence-corrected chi connectivity index (χ4v) is 7.23. The van der Waals surface area contributed by atoms with E-state index in [9.17, 15) is 29.2 Å². The maximum atomic E-state index is 14.5. The van der Waals surface area contributed by atoms with E-state index in [0.29, 0.717) is 11.4 Å². The molecular weight excluding hydrogens is 667 g/mol. The highest BCUT2D eigenvalue weighted by atomic mass is 32.2. The lowest BCUT2D eigenvalue weighted by Gasteiger charge is -2.28. The lowest BCUT2D eigenvalue weighted by Crippen LogP contribution is -2.54. The lowest BCUT2D eigenvalue weighted by atomic mass is 9.80. The predicted octanol–water partition coefficient (Wildman–Crippen LogP) is 2.94. The van der Waals surface area contributed by atoms with E-state index in [-0.39, 0.29) is 30.0 Å². The SMILES string of the molecule is COc1ccc([C@H]2Sc3ccccc3N(CC(=O)NCc3cccc4ccccc34)C(=O)[C@@H]2NC(=O)CNC(=O)c2ccc(B(O)O)cc2)cc1. The zero-order chi connectivity index (χ0) is 35.9. The van der Waals surface area contributed by atoms with Crippen molar-refractivity contribution in [1.82, 2.24) is 16.0 Å². The zero-order valence-corrected chi connectivity index (χ0v) is 28.4. The Hall–Kier alpha value is -5.63. The molecule has 0 saturated heterocycles. The topological polar surface area (TPSA) is 157 Å². The van der Waals surface area contributed by atoms with Crippen molar-refractivity contribution in [2.45, 2.75) is 22.7 Å². The van der Waals surface area contributed by atoms with E-state index in [4.69, 9.17) is 4.74 Å². The molecule has 258 valence electrons.